The lowest BCUT2D eigenvalue weighted by Crippen LogP contribution is -2.46. The van der Waals surface area contributed by atoms with Crippen LogP contribution in [0.15, 0.2) is 12.7 Å². The fourth-order valence-electron chi connectivity index (χ4n) is 2.64. The standard InChI is InChI=1S/C13H23N3O/c1-2-7-16-8-4-12(5-9-16)15-13(17)11-3-6-14-10-11/h2,11-12,14H,1,3-10H2,(H,15,17). The highest BCUT2D eigenvalue weighted by Gasteiger charge is 2.26. The van der Waals surface area contributed by atoms with Gasteiger partial charge < -0.3 is 10.6 Å². The maximum absolute atomic E-state index is 11.9. The highest BCUT2D eigenvalue weighted by Crippen LogP contribution is 2.13. The van der Waals surface area contributed by atoms with Crippen LogP contribution in [0.3, 0.4) is 0 Å². The van der Waals surface area contributed by atoms with Crippen molar-refractivity contribution in [3.63, 3.8) is 0 Å². The third kappa shape index (κ3) is 3.54. The minimum Gasteiger partial charge on any atom is -0.353 e. The summed E-state index contributed by atoms with van der Waals surface area (Å²) in [6.07, 6.45) is 5.07. The molecule has 0 spiro atoms. The van der Waals surface area contributed by atoms with Gasteiger partial charge in [0.1, 0.15) is 0 Å². The Morgan fingerprint density at radius 1 is 1.41 bits per heavy atom. The van der Waals surface area contributed by atoms with Crippen LogP contribution in [0, 0.1) is 5.92 Å². The Hall–Kier alpha value is -0.870. The molecule has 0 aromatic carbocycles. The fourth-order valence-corrected chi connectivity index (χ4v) is 2.64. The lowest BCUT2D eigenvalue weighted by atomic mass is 10.0. The van der Waals surface area contributed by atoms with Gasteiger partial charge >= 0.3 is 0 Å². The Kier molecular flexibility index (Phi) is 4.57. The van der Waals surface area contributed by atoms with E-state index in [1.807, 2.05) is 6.08 Å². The van der Waals surface area contributed by atoms with Gasteiger partial charge in [0, 0.05) is 32.2 Å². The van der Waals surface area contributed by atoms with E-state index in [1.54, 1.807) is 0 Å². The highest BCUT2D eigenvalue weighted by molar-refractivity contribution is 5.79. The SMILES string of the molecule is C=CCN1CCC(NC(=O)C2CCNC2)CC1. The molecule has 2 fully saturated rings. The van der Waals surface area contributed by atoms with Gasteiger partial charge in [-0.3, -0.25) is 9.69 Å². The average molecular weight is 237 g/mol. The number of carbonyl (C=O) groups is 1. The Labute approximate surface area is 103 Å². The molecule has 0 saturated carbocycles. The number of carbonyl (C=O) groups excluding carboxylic acids is 1. The van der Waals surface area contributed by atoms with E-state index < -0.39 is 0 Å². The number of likely N-dealkylation sites (tertiary alicyclic amines) is 1. The van der Waals surface area contributed by atoms with Crippen molar-refractivity contribution in [1.82, 2.24) is 15.5 Å². The van der Waals surface area contributed by atoms with Crippen LogP contribution in [0.25, 0.3) is 0 Å². The third-order valence-electron chi connectivity index (χ3n) is 3.75. The molecule has 0 aromatic rings. The van der Waals surface area contributed by atoms with E-state index in [0.717, 1.165) is 52.0 Å². The summed E-state index contributed by atoms with van der Waals surface area (Å²) in [4.78, 5) is 14.3. The van der Waals surface area contributed by atoms with Crippen LogP contribution in [-0.4, -0.2) is 49.6 Å². The maximum atomic E-state index is 11.9. The van der Waals surface area contributed by atoms with Gasteiger partial charge in [-0.15, -0.1) is 6.58 Å². The molecule has 2 N–H and O–H groups in total. The van der Waals surface area contributed by atoms with Crippen molar-refractivity contribution in [3.8, 4) is 0 Å². The summed E-state index contributed by atoms with van der Waals surface area (Å²) in [5.74, 6) is 0.443. The number of hydrogen-bond acceptors (Lipinski definition) is 3. The topological polar surface area (TPSA) is 44.4 Å². The molecule has 0 aromatic heterocycles. The minimum absolute atomic E-state index is 0.196. The Bertz CT molecular complexity index is 266. The normalized spacial score (nSPS) is 26.9. The number of piperidine rings is 1. The second-order valence-electron chi connectivity index (χ2n) is 5.06. The first-order valence-corrected chi connectivity index (χ1v) is 6.64. The third-order valence-corrected chi connectivity index (χ3v) is 3.75. The highest BCUT2D eigenvalue weighted by atomic mass is 16.2. The average Bonchev–Trinajstić information content (AvgIpc) is 2.86. The zero-order valence-corrected chi connectivity index (χ0v) is 10.5. The quantitative estimate of drug-likeness (QED) is 0.694. The Morgan fingerprint density at radius 3 is 2.76 bits per heavy atom. The molecule has 4 heteroatoms. The maximum Gasteiger partial charge on any atom is 0.224 e. The van der Waals surface area contributed by atoms with Crippen molar-refractivity contribution < 1.29 is 4.79 Å². The van der Waals surface area contributed by atoms with Gasteiger partial charge in [0.2, 0.25) is 5.91 Å². The number of nitrogens with zero attached hydrogens (tertiary/aromatic N) is 1. The second kappa shape index (κ2) is 6.17. The molecule has 0 aliphatic carbocycles. The van der Waals surface area contributed by atoms with Crippen LogP contribution in [-0.2, 0) is 4.79 Å². The van der Waals surface area contributed by atoms with Crippen LogP contribution in [0.4, 0.5) is 0 Å². The molecule has 17 heavy (non-hydrogen) atoms. The Morgan fingerprint density at radius 2 is 2.18 bits per heavy atom. The first-order chi connectivity index (χ1) is 8.29. The molecule has 0 radical (unpaired) electrons. The lowest BCUT2D eigenvalue weighted by Gasteiger charge is -2.32. The number of nitrogens with one attached hydrogen (secondary N) is 2. The summed E-state index contributed by atoms with van der Waals surface area (Å²) in [5.41, 5.74) is 0. The molecule has 1 atom stereocenters. The van der Waals surface area contributed by atoms with E-state index in [9.17, 15) is 4.79 Å². The monoisotopic (exact) mass is 237 g/mol. The fraction of sp³-hybridized carbons (Fsp3) is 0.769. The van der Waals surface area contributed by atoms with Crippen molar-refractivity contribution in [2.75, 3.05) is 32.7 Å². The van der Waals surface area contributed by atoms with Crippen LogP contribution in [0.1, 0.15) is 19.3 Å². The molecule has 1 unspecified atom stereocenters. The molecule has 2 aliphatic heterocycles. The molecule has 4 nitrogen and oxygen atoms in total. The van der Waals surface area contributed by atoms with Gasteiger partial charge in [-0.2, -0.15) is 0 Å². The van der Waals surface area contributed by atoms with E-state index >= 15 is 0 Å². The van der Waals surface area contributed by atoms with E-state index in [2.05, 4.69) is 22.1 Å². The van der Waals surface area contributed by atoms with Crippen LogP contribution in [0.5, 0.6) is 0 Å². The van der Waals surface area contributed by atoms with Gasteiger partial charge in [0.05, 0.1) is 5.92 Å². The van der Waals surface area contributed by atoms with Gasteiger partial charge in [-0.25, -0.2) is 0 Å². The summed E-state index contributed by atoms with van der Waals surface area (Å²) in [6.45, 7) is 8.69. The molecule has 96 valence electrons. The summed E-state index contributed by atoms with van der Waals surface area (Å²) in [6, 6.07) is 0.379. The van der Waals surface area contributed by atoms with Gasteiger partial charge in [0.15, 0.2) is 0 Å². The predicted octanol–water partition coefficient (Wildman–Crippen LogP) is 0.363. The van der Waals surface area contributed by atoms with E-state index in [1.165, 1.54) is 0 Å². The van der Waals surface area contributed by atoms with Crippen molar-refractivity contribution >= 4 is 5.91 Å². The van der Waals surface area contributed by atoms with Gasteiger partial charge in [-0.05, 0) is 25.8 Å². The lowest BCUT2D eigenvalue weighted by molar-refractivity contribution is -0.125. The smallest absolute Gasteiger partial charge is 0.224 e. The van der Waals surface area contributed by atoms with Crippen molar-refractivity contribution in [2.24, 2.45) is 5.92 Å². The minimum atomic E-state index is 0.196. The predicted molar refractivity (Wildman–Crippen MR) is 68.8 cm³/mol. The van der Waals surface area contributed by atoms with Crippen molar-refractivity contribution in [3.05, 3.63) is 12.7 Å². The van der Waals surface area contributed by atoms with Gasteiger partial charge in [0.25, 0.3) is 0 Å². The summed E-state index contributed by atoms with van der Waals surface area (Å²) in [5, 5.41) is 6.43. The van der Waals surface area contributed by atoms with E-state index in [0.29, 0.717) is 6.04 Å². The molecule has 1 amide bonds. The first-order valence-electron chi connectivity index (χ1n) is 6.64. The summed E-state index contributed by atoms with van der Waals surface area (Å²) >= 11 is 0. The van der Waals surface area contributed by atoms with E-state index in [-0.39, 0.29) is 11.8 Å². The van der Waals surface area contributed by atoms with Crippen molar-refractivity contribution in [1.29, 1.82) is 0 Å². The number of hydrogen-bond donors (Lipinski definition) is 2. The molecular weight excluding hydrogens is 214 g/mol. The number of amides is 1. The largest absolute Gasteiger partial charge is 0.353 e. The second-order valence-corrected chi connectivity index (χ2v) is 5.06. The number of rotatable bonds is 4. The molecule has 2 saturated heterocycles. The molecule has 2 heterocycles. The Balaban J connectivity index is 1.70. The van der Waals surface area contributed by atoms with E-state index in [4.69, 9.17) is 0 Å². The molecule has 2 aliphatic rings. The van der Waals surface area contributed by atoms with Crippen LogP contribution >= 0.6 is 0 Å². The zero-order chi connectivity index (χ0) is 12.1. The van der Waals surface area contributed by atoms with Crippen LogP contribution in [0.2, 0.25) is 0 Å². The molecule has 0 bridgehead atoms. The van der Waals surface area contributed by atoms with Crippen LogP contribution < -0.4 is 10.6 Å². The first kappa shape index (κ1) is 12.6. The summed E-state index contributed by atoms with van der Waals surface area (Å²) < 4.78 is 0. The molecule has 2 rings (SSSR count). The zero-order valence-electron chi connectivity index (χ0n) is 10.5. The van der Waals surface area contributed by atoms with Gasteiger partial charge in [-0.1, -0.05) is 6.08 Å². The summed E-state index contributed by atoms with van der Waals surface area (Å²) in [7, 11) is 0. The molecular formula is C13H23N3O. The van der Waals surface area contributed by atoms with Crippen molar-refractivity contribution in [2.45, 2.75) is 25.3 Å².